The average Bonchev–Trinajstić information content (AvgIpc) is 3.74. The van der Waals surface area contributed by atoms with Crippen molar-refractivity contribution in [3.05, 3.63) is 113 Å². The number of rotatable bonds is 14. The fourth-order valence-corrected chi connectivity index (χ4v) is 7.34. The van der Waals surface area contributed by atoms with Crippen molar-refractivity contribution < 1.29 is 28.7 Å². The lowest BCUT2D eigenvalue weighted by Crippen LogP contribution is -2.43. The van der Waals surface area contributed by atoms with Crippen LogP contribution in [-0.2, 0) is 31.7 Å². The standard InChI is InChI=1S/C44H46N6O6/c1-48-26-31(21-37(48)39(51)20-29-11-15-32(45)16-12-29)30-13-9-28(10-14-30)19-40(52)38-22-33(27-49(38)2)47-43(53)8-6-18-56-42-24-36-35(23-41(42)55-3)44(54)50-17-5-4-7-34(50)25-46-36/h9-16,21-27,34H,4-8,17-20,45H2,1-3H3,(H,47,53)/t34-/m0/s1. The van der Waals surface area contributed by atoms with E-state index < -0.39 is 0 Å². The first-order chi connectivity index (χ1) is 27.1. The minimum Gasteiger partial charge on any atom is -0.493 e. The summed E-state index contributed by atoms with van der Waals surface area (Å²) in [5.41, 5.74) is 12.7. The van der Waals surface area contributed by atoms with E-state index in [1.54, 1.807) is 48.1 Å². The van der Waals surface area contributed by atoms with Crippen molar-refractivity contribution in [3.8, 4) is 22.6 Å². The summed E-state index contributed by atoms with van der Waals surface area (Å²) in [6.07, 6.45) is 9.56. The minimum absolute atomic E-state index is 0.00260. The summed E-state index contributed by atoms with van der Waals surface area (Å²) in [7, 11) is 5.16. The number of nitrogens with one attached hydrogen (secondary N) is 1. The van der Waals surface area contributed by atoms with E-state index >= 15 is 0 Å². The van der Waals surface area contributed by atoms with Crippen LogP contribution in [0.1, 0.15) is 74.6 Å². The smallest absolute Gasteiger partial charge is 0.256 e. The quantitative estimate of drug-likeness (QED) is 0.0706. The van der Waals surface area contributed by atoms with Crippen molar-refractivity contribution >= 4 is 46.7 Å². The highest BCUT2D eigenvalue weighted by molar-refractivity contribution is 6.03. The summed E-state index contributed by atoms with van der Waals surface area (Å²) in [6.45, 7) is 0.962. The van der Waals surface area contributed by atoms with Crippen LogP contribution >= 0.6 is 0 Å². The van der Waals surface area contributed by atoms with E-state index in [4.69, 9.17) is 15.2 Å². The Morgan fingerprint density at radius 2 is 1.52 bits per heavy atom. The zero-order valence-electron chi connectivity index (χ0n) is 31.9. The number of fused-ring (bicyclic) bond motifs is 2. The van der Waals surface area contributed by atoms with E-state index in [1.807, 2.05) is 71.4 Å². The topological polar surface area (TPSA) is 150 Å². The third-order valence-electron chi connectivity index (χ3n) is 10.4. The lowest BCUT2D eigenvalue weighted by atomic mass is 10.0. The number of nitrogens with two attached hydrogens (primary N) is 1. The van der Waals surface area contributed by atoms with Crippen LogP contribution in [0.4, 0.5) is 17.1 Å². The number of aliphatic imine (C=N–C) groups is 1. The van der Waals surface area contributed by atoms with Crippen LogP contribution < -0.4 is 20.5 Å². The molecule has 3 N–H and O–H groups in total. The summed E-state index contributed by atoms with van der Waals surface area (Å²) in [6, 6.07) is 22.0. The molecule has 3 aromatic carbocycles. The summed E-state index contributed by atoms with van der Waals surface area (Å²) in [5, 5.41) is 2.89. The van der Waals surface area contributed by atoms with Gasteiger partial charge < -0.3 is 34.6 Å². The number of ketones is 2. The number of amides is 2. The molecule has 4 heterocycles. The SMILES string of the molecule is COc1cc2c(cc1OCCCC(=O)Nc1cc(C(=O)Cc3ccc(-c4cc(C(=O)Cc5ccc(N)cc5)n(C)c4)cc3)n(C)c1)N=C[C@@H]1CCCCN1C2=O. The number of ether oxygens (including phenoxy) is 2. The van der Waals surface area contributed by atoms with Crippen LogP contribution in [0.25, 0.3) is 11.1 Å². The van der Waals surface area contributed by atoms with Gasteiger partial charge in [0.2, 0.25) is 5.91 Å². The molecule has 1 fully saturated rings. The van der Waals surface area contributed by atoms with Gasteiger partial charge in [0.25, 0.3) is 5.91 Å². The molecule has 0 spiro atoms. The number of aryl methyl sites for hydroxylation is 2. The molecular formula is C44H46N6O6. The van der Waals surface area contributed by atoms with Crippen molar-refractivity contribution in [1.82, 2.24) is 14.0 Å². The molecule has 1 atom stereocenters. The van der Waals surface area contributed by atoms with Crippen molar-refractivity contribution in [3.63, 3.8) is 0 Å². The summed E-state index contributed by atoms with van der Waals surface area (Å²) < 4.78 is 15.1. The van der Waals surface area contributed by atoms with Crippen LogP contribution in [0.3, 0.4) is 0 Å². The highest BCUT2D eigenvalue weighted by Crippen LogP contribution is 2.38. The van der Waals surface area contributed by atoms with Gasteiger partial charge in [-0.25, -0.2) is 0 Å². The first-order valence-corrected chi connectivity index (χ1v) is 18.9. The van der Waals surface area contributed by atoms with Crippen LogP contribution in [0, 0.1) is 0 Å². The molecule has 2 aliphatic heterocycles. The van der Waals surface area contributed by atoms with Crippen molar-refractivity contribution in [2.24, 2.45) is 19.1 Å². The largest absolute Gasteiger partial charge is 0.493 e. The molecular weight excluding hydrogens is 709 g/mol. The summed E-state index contributed by atoms with van der Waals surface area (Å²) >= 11 is 0. The molecule has 0 saturated carbocycles. The van der Waals surface area contributed by atoms with Crippen LogP contribution in [-0.4, -0.2) is 69.9 Å². The second kappa shape index (κ2) is 16.5. The fraction of sp³-hybridized carbons (Fsp3) is 0.295. The van der Waals surface area contributed by atoms with Gasteiger partial charge in [-0.2, -0.15) is 0 Å². The number of Topliss-reactive ketones (excluding diaryl/α,β-unsaturated/α-hetero) is 2. The van der Waals surface area contributed by atoms with Gasteiger partial charge in [0.15, 0.2) is 23.1 Å². The Balaban J connectivity index is 0.899. The van der Waals surface area contributed by atoms with Crippen molar-refractivity contribution in [2.45, 2.75) is 51.0 Å². The molecule has 7 rings (SSSR count). The number of aromatic nitrogens is 2. The second-order valence-corrected chi connectivity index (χ2v) is 14.4. The molecule has 5 aromatic rings. The zero-order chi connectivity index (χ0) is 39.3. The molecule has 288 valence electrons. The first-order valence-electron chi connectivity index (χ1n) is 18.9. The third-order valence-corrected chi connectivity index (χ3v) is 10.4. The predicted molar refractivity (Wildman–Crippen MR) is 216 cm³/mol. The molecule has 2 amide bonds. The molecule has 12 heteroatoms. The number of carbonyl (C=O) groups excluding carboxylic acids is 4. The van der Waals surface area contributed by atoms with Gasteiger partial charge in [-0.05, 0) is 72.7 Å². The Morgan fingerprint density at radius 1 is 0.839 bits per heavy atom. The van der Waals surface area contributed by atoms with Crippen LogP contribution in [0.5, 0.6) is 11.5 Å². The van der Waals surface area contributed by atoms with Gasteiger partial charge in [-0.1, -0.05) is 36.4 Å². The highest BCUT2D eigenvalue weighted by atomic mass is 16.5. The number of piperidine rings is 1. The Bertz CT molecular complexity index is 2300. The van der Waals surface area contributed by atoms with Gasteiger partial charge >= 0.3 is 0 Å². The number of hydrogen-bond donors (Lipinski definition) is 2. The lowest BCUT2D eigenvalue weighted by Gasteiger charge is -2.32. The first kappa shape index (κ1) is 37.9. The monoisotopic (exact) mass is 754 g/mol. The van der Waals surface area contributed by atoms with Gasteiger partial charge in [-0.3, -0.25) is 24.2 Å². The lowest BCUT2D eigenvalue weighted by molar-refractivity contribution is -0.116. The summed E-state index contributed by atoms with van der Waals surface area (Å²) in [4.78, 5) is 59.0. The molecule has 1 saturated heterocycles. The molecule has 12 nitrogen and oxygen atoms in total. The Morgan fingerprint density at radius 3 is 2.23 bits per heavy atom. The number of carbonyl (C=O) groups is 4. The van der Waals surface area contributed by atoms with Gasteiger partial charge in [0.1, 0.15) is 0 Å². The number of nitrogens with zero attached hydrogens (tertiary/aromatic N) is 4. The Kier molecular flexibility index (Phi) is 11.2. The zero-order valence-corrected chi connectivity index (χ0v) is 31.9. The molecule has 0 unspecified atom stereocenters. The molecule has 0 bridgehead atoms. The molecule has 0 radical (unpaired) electrons. The molecule has 56 heavy (non-hydrogen) atoms. The fourth-order valence-electron chi connectivity index (χ4n) is 7.34. The maximum Gasteiger partial charge on any atom is 0.256 e. The maximum atomic E-state index is 13.3. The maximum absolute atomic E-state index is 13.3. The Labute approximate surface area is 325 Å². The van der Waals surface area contributed by atoms with E-state index in [0.717, 1.165) is 41.5 Å². The normalized spacial score (nSPS) is 14.8. The van der Waals surface area contributed by atoms with E-state index in [1.165, 1.54) is 7.11 Å². The predicted octanol–water partition coefficient (Wildman–Crippen LogP) is 6.98. The summed E-state index contributed by atoms with van der Waals surface area (Å²) in [5.74, 6) is 0.580. The van der Waals surface area contributed by atoms with Crippen LogP contribution in [0.2, 0.25) is 0 Å². The van der Waals surface area contributed by atoms with Gasteiger partial charge in [0.05, 0.1) is 48.1 Å². The molecule has 2 aromatic heterocycles. The van der Waals surface area contributed by atoms with E-state index in [-0.39, 0.29) is 55.3 Å². The van der Waals surface area contributed by atoms with E-state index in [2.05, 4.69) is 10.3 Å². The van der Waals surface area contributed by atoms with Crippen molar-refractivity contribution in [2.75, 3.05) is 31.3 Å². The number of hydrogen-bond acceptors (Lipinski definition) is 8. The highest BCUT2D eigenvalue weighted by Gasteiger charge is 2.31. The molecule has 2 aliphatic rings. The average molecular weight is 755 g/mol. The number of benzene rings is 3. The van der Waals surface area contributed by atoms with E-state index in [0.29, 0.717) is 58.5 Å². The third kappa shape index (κ3) is 8.44. The molecule has 0 aliphatic carbocycles. The van der Waals surface area contributed by atoms with Crippen molar-refractivity contribution in [1.29, 1.82) is 0 Å². The van der Waals surface area contributed by atoms with E-state index in [9.17, 15) is 19.2 Å². The Hall–Kier alpha value is -6.43. The number of methoxy groups -OCH3 is 1. The number of nitrogen functional groups attached to an aromatic ring is 1. The van der Waals surface area contributed by atoms with Gasteiger partial charge in [-0.15, -0.1) is 0 Å². The number of anilines is 2. The van der Waals surface area contributed by atoms with Crippen LogP contribution in [0.15, 0.2) is 90.2 Å². The van der Waals surface area contributed by atoms with Gasteiger partial charge in [0, 0.05) is 75.8 Å². The second-order valence-electron chi connectivity index (χ2n) is 14.4. The minimum atomic E-state index is -0.203.